The lowest BCUT2D eigenvalue weighted by molar-refractivity contribution is -0.385. The molecule has 2 rings (SSSR count). The smallest absolute Gasteiger partial charge is 0.270 e. The lowest BCUT2D eigenvalue weighted by atomic mass is 10.1. The van der Waals surface area contributed by atoms with Gasteiger partial charge in [-0.05, 0) is 59.3 Å². The molecule has 0 aliphatic rings. The zero-order valence-corrected chi connectivity index (χ0v) is 12.7. The van der Waals surface area contributed by atoms with Crippen molar-refractivity contribution in [3.8, 4) is 11.5 Å². The van der Waals surface area contributed by atoms with Crippen LogP contribution < -0.4 is 10.5 Å². The fourth-order valence-electron chi connectivity index (χ4n) is 1.70. The number of nitro groups is 1. The number of non-ortho nitro benzene ring substituents is 1. The molecule has 0 saturated heterocycles. The van der Waals surface area contributed by atoms with E-state index in [9.17, 15) is 10.1 Å². The Kier molecular flexibility index (Phi) is 4.91. The standard InChI is InChI=1S/C14H13IN2O3/c15-13-9-11(17(18)19)3-6-14(13)20-12-4-1-10(2-5-12)7-8-16/h1-6,9H,7-8,16H2. The molecule has 0 aliphatic carbocycles. The maximum absolute atomic E-state index is 10.7. The lowest BCUT2D eigenvalue weighted by Crippen LogP contribution is -2.02. The summed E-state index contributed by atoms with van der Waals surface area (Å²) in [7, 11) is 0. The molecule has 20 heavy (non-hydrogen) atoms. The first kappa shape index (κ1) is 14.7. The number of nitrogens with zero attached hydrogens (tertiary/aromatic N) is 1. The number of nitrogens with two attached hydrogens (primary N) is 1. The molecule has 0 radical (unpaired) electrons. The van der Waals surface area contributed by atoms with Gasteiger partial charge in [0.15, 0.2) is 0 Å². The number of nitro benzene ring substituents is 1. The van der Waals surface area contributed by atoms with Crippen LogP contribution in [-0.4, -0.2) is 11.5 Å². The maximum Gasteiger partial charge on any atom is 0.270 e. The van der Waals surface area contributed by atoms with Crippen LogP contribution in [0.2, 0.25) is 0 Å². The Hall–Kier alpha value is -1.67. The first-order valence-electron chi connectivity index (χ1n) is 6.01. The minimum absolute atomic E-state index is 0.0556. The number of rotatable bonds is 5. The molecule has 104 valence electrons. The molecule has 0 unspecified atom stereocenters. The van der Waals surface area contributed by atoms with E-state index in [1.54, 1.807) is 6.07 Å². The van der Waals surface area contributed by atoms with Crippen LogP contribution in [-0.2, 0) is 6.42 Å². The van der Waals surface area contributed by atoms with E-state index in [1.807, 2.05) is 46.9 Å². The Morgan fingerprint density at radius 2 is 1.90 bits per heavy atom. The van der Waals surface area contributed by atoms with Gasteiger partial charge in [-0.2, -0.15) is 0 Å². The van der Waals surface area contributed by atoms with E-state index in [4.69, 9.17) is 10.5 Å². The number of ether oxygens (including phenoxy) is 1. The zero-order valence-electron chi connectivity index (χ0n) is 10.6. The van der Waals surface area contributed by atoms with Gasteiger partial charge in [-0.1, -0.05) is 12.1 Å². The molecule has 6 heteroatoms. The number of hydrogen-bond acceptors (Lipinski definition) is 4. The summed E-state index contributed by atoms with van der Waals surface area (Å²) in [5, 5.41) is 10.7. The Morgan fingerprint density at radius 3 is 2.45 bits per heavy atom. The number of benzene rings is 2. The highest BCUT2D eigenvalue weighted by Crippen LogP contribution is 2.29. The van der Waals surface area contributed by atoms with E-state index >= 15 is 0 Å². The second-order valence-electron chi connectivity index (χ2n) is 4.16. The van der Waals surface area contributed by atoms with E-state index in [-0.39, 0.29) is 5.69 Å². The first-order valence-corrected chi connectivity index (χ1v) is 7.09. The van der Waals surface area contributed by atoms with Crippen molar-refractivity contribution in [3.05, 3.63) is 61.7 Å². The molecule has 0 spiro atoms. The molecule has 2 N–H and O–H groups in total. The van der Waals surface area contributed by atoms with Gasteiger partial charge in [0.2, 0.25) is 0 Å². The SMILES string of the molecule is NCCc1ccc(Oc2ccc([N+](=O)[O-])cc2I)cc1. The van der Waals surface area contributed by atoms with Crippen LogP contribution in [0.5, 0.6) is 11.5 Å². The fraction of sp³-hybridized carbons (Fsp3) is 0.143. The third kappa shape index (κ3) is 3.67. The summed E-state index contributed by atoms with van der Waals surface area (Å²) in [6.45, 7) is 0.612. The van der Waals surface area contributed by atoms with Gasteiger partial charge in [-0.3, -0.25) is 10.1 Å². The average Bonchev–Trinajstić information content (AvgIpc) is 2.43. The number of halogens is 1. The predicted molar refractivity (Wildman–Crippen MR) is 85.1 cm³/mol. The van der Waals surface area contributed by atoms with Gasteiger partial charge in [0.25, 0.3) is 5.69 Å². The van der Waals surface area contributed by atoms with Crippen LogP contribution in [0, 0.1) is 13.7 Å². The van der Waals surface area contributed by atoms with Crippen molar-refractivity contribution in [2.75, 3.05) is 6.54 Å². The predicted octanol–water partition coefficient (Wildman–Crippen LogP) is 3.49. The molecule has 2 aromatic carbocycles. The minimum atomic E-state index is -0.423. The second kappa shape index (κ2) is 6.67. The molecule has 0 amide bonds. The van der Waals surface area contributed by atoms with Crippen LogP contribution in [0.4, 0.5) is 5.69 Å². The van der Waals surface area contributed by atoms with E-state index in [0.717, 1.165) is 12.0 Å². The van der Waals surface area contributed by atoms with Gasteiger partial charge in [0.1, 0.15) is 11.5 Å². The van der Waals surface area contributed by atoms with Crippen LogP contribution in [0.3, 0.4) is 0 Å². The summed E-state index contributed by atoms with van der Waals surface area (Å²) in [5.41, 5.74) is 6.70. The van der Waals surface area contributed by atoms with Crippen molar-refractivity contribution in [2.24, 2.45) is 5.73 Å². The summed E-state index contributed by atoms with van der Waals surface area (Å²) in [6, 6.07) is 12.2. The van der Waals surface area contributed by atoms with Gasteiger partial charge in [0.05, 0.1) is 8.49 Å². The van der Waals surface area contributed by atoms with Crippen LogP contribution in [0.1, 0.15) is 5.56 Å². The van der Waals surface area contributed by atoms with Gasteiger partial charge >= 0.3 is 0 Å². The van der Waals surface area contributed by atoms with Crippen molar-refractivity contribution in [1.29, 1.82) is 0 Å². The highest BCUT2D eigenvalue weighted by atomic mass is 127. The van der Waals surface area contributed by atoms with E-state index in [1.165, 1.54) is 12.1 Å². The first-order chi connectivity index (χ1) is 9.60. The minimum Gasteiger partial charge on any atom is -0.456 e. The summed E-state index contributed by atoms with van der Waals surface area (Å²) in [4.78, 5) is 10.2. The van der Waals surface area contributed by atoms with E-state index in [2.05, 4.69) is 0 Å². The molecule has 0 saturated carbocycles. The van der Waals surface area contributed by atoms with Crippen molar-refractivity contribution < 1.29 is 9.66 Å². The third-order valence-corrected chi connectivity index (χ3v) is 3.55. The largest absolute Gasteiger partial charge is 0.456 e. The van der Waals surface area contributed by atoms with Crippen LogP contribution in [0.25, 0.3) is 0 Å². The Morgan fingerprint density at radius 1 is 1.20 bits per heavy atom. The average molecular weight is 384 g/mol. The normalized spacial score (nSPS) is 10.3. The Labute approximate surface area is 130 Å². The second-order valence-corrected chi connectivity index (χ2v) is 5.32. The fourth-order valence-corrected chi connectivity index (χ4v) is 2.31. The molecule has 0 aromatic heterocycles. The van der Waals surface area contributed by atoms with Crippen molar-refractivity contribution in [2.45, 2.75) is 6.42 Å². The summed E-state index contributed by atoms with van der Waals surface area (Å²) in [5.74, 6) is 1.29. The summed E-state index contributed by atoms with van der Waals surface area (Å²) >= 11 is 2.02. The monoisotopic (exact) mass is 384 g/mol. The van der Waals surface area contributed by atoms with E-state index in [0.29, 0.717) is 21.6 Å². The molecule has 2 aromatic rings. The summed E-state index contributed by atoms with van der Waals surface area (Å²) < 4.78 is 6.41. The summed E-state index contributed by atoms with van der Waals surface area (Å²) in [6.07, 6.45) is 0.829. The maximum atomic E-state index is 10.7. The molecular formula is C14H13IN2O3. The van der Waals surface area contributed by atoms with Crippen molar-refractivity contribution >= 4 is 28.3 Å². The van der Waals surface area contributed by atoms with Gasteiger partial charge < -0.3 is 10.5 Å². The van der Waals surface area contributed by atoms with Crippen LogP contribution >= 0.6 is 22.6 Å². The number of hydrogen-bond donors (Lipinski definition) is 1. The zero-order chi connectivity index (χ0) is 14.5. The highest BCUT2D eigenvalue weighted by molar-refractivity contribution is 14.1. The Balaban J connectivity index is 2.15. The van der Waals surface area contributed by atoms with Gasteiger partial charge in [-0.25, -0.2) is 0 Å². The molecule has 0 heterocycles. The van der Waals surface area contributed by atoms with Gasteiger partial charge in [0, 0.05) is 12.1 Å². The molecule has 0 fully saturated rings. The quantitative estimate of drug-likeness (QED) is 0.486. The van der Waals surface area contributed by atoms with Gasteiger partial charge in [-0.15, -0.1) is 0 Å². The molecule has 0 bridgehead atoms. The molecule has 0 aliphatic heterocycles. The van der Waals surface area contributed by atoms with Crippen molar-refractivity contribution in [1.82, 2.24) is 0 Å². The molecule has 5 nitrogen and oxygen atoms in total. The lowest BCUT2D eigenvalue weighted by Gasteiger charge is -2.08. The molecule has 0 atom stereocenters. The highest BCUT2D eigenvalue weighted by Gasteiger charge is 2.10. The molecular weight excluding hydrogens is 371 g/mol. The van der Waals surface area contributed by atoms with E-state index < -0.39 is 4.92 Å². The Bertz CT molecular complexity index is 614. The topological polar surface area (TPSA) is 78.4 Å². The van der Waals surface area contributed by atoms with Crippen molar-refractivity contribution in [3.63, 3.8) is 0 Å². The van der Waals surface area contributed by atoms with Crippen LogP contribution in [0.15, 0.2) is 42.5 Å². The third-order valence-electron chi connectivity index (χ3n) is 2.71.